The number of aryl methyl sites for hydroxylation is 1. The van der Waals surface area contributed by atoms with Crippen molar-refractivity contribution in [2.24, 2.45) is 0 Å². The van der Waals surface area contributed by atoms with E-state index in [1.54, 1.807) is 12.1 Å². The van der Waals surface area contributed by atoms with E-state index in [1.165, 1.54) is 11.1 Å². The summed E-state index contributed by atoms with van der Waals surface area (Å²) in [5, 5.41) is 3.70. The smallest absolute Gasteiger partial charge is 0.123 e. The molecule has 4 unspecified atom stereocenters. The summed E-state index contributed by atoms with van der Waals surface area (Å²) >= 11 is 6.83. The minimum absolute atomic E-state index is 0.0422. The van der Waals surface area contributed by atoms with E-state index in [0.29, 0.717) is 5.92 Å². The SMILES string of the molecule is CCCN1C(Cl)CNC(c2ccc(F)cc2)C1(C)C1CCc2ccccc21. The number of nitrogens with zero attached hydrogens (tertiary/aromatic N) is 1. The maximum absolute atomic E-state index is 13.6. The summed E-state index contributed by atoms with van der Waals surface area (Å²) in [4.78, 5) is 2.49. The van der Waals surface area contributed by atoms with Crippen LogP contribution in [-0.2, 0) is 6.42 Å². The Bertz CT molecular complexity index is 793. The van der Waals surface area contributed by atoms with Gasteiger partial charge in [-0.2, -0.15) is 0 Å². The van der Waals surface area contributed by atoms with Crippen LogP contribution in [0.15, 0.2) is 48.5 Å². The van der Waals surface area contributed by atoms with Crippen LogP contribution in [0.5, 0.6) is 0 Å². The van der Waals surface area contributed by atoms with Gasteiger partial charge >= 0.3 is 0 Å². The average Bonchev–Trinajstić information content (AvgIpc) is 3.11. The predicted octanol–water partition coefficient (Wildman–Crippen LogP) is 5.24. The molecule has 27 heavy (non-hydrogen) atoms. The lowest BCUT2D eigenvalue weighted by Crippen LogP contribution is -2.66. The van der Waals surface area contributed by atoms with Crippen molar-refractivity contribution in [3.8, 4) is 0 Å². The first-order chi connectivity index (χ1) is 13.1. The molecule has 0 aromatic heterocycles. The number of alkyl halides is 1. The van der Waals surface area contributed by atoms with Gasteiger partial charge in [-0.3, -0.25) is 4.90 Å². The van der Waals surface area contributed by atoms with E-state index < -0.39 is 0 Å². The van der Waals surface area contributed by atoms with E-state index in [4.69, 9.17) is 11.6 Å². The fourth-order valence-electron chi connectivity index (χ4n) is 5.30. The zero-order valence-corrected chi connectivity index (χ0v) is 16.8. The normalized spacial score (nSPS) is 31.0. The Morgan fingerprint density at radius 3 is 2.67 bits per heavy atom. The van der Waals surface area contributed by atoms with Gasteiger partial charge in [0, 0.05) is 18.0 Å². The second-order valence-electron chi connectivity index (χ2n) is 8.04. The summed E-state index contributed by atoms with van der Waals surface area (Å²) in [6.45, 7) is 6.25. The lowest BCUT2D eigenvalue weighted by Gasteiger charge is -2.56. The minimum atomic E-state index is -0.192. The maximum Gasteiger partial charge on any atom is 0.123 e. The molecule has 0 radical (unpaired) electrons. The number of fused-ring (bicyclic) bond motifs is 1. The van der Waals surface area contributed by atoms with E-state index in [9.17, 15) is 4.39 Å². The minimum Gasteiger partial charge on any atom is -0.306 e. The maximum atomic E-state index is 13.6. The Kier molecular flexibility index (Phi) is 5.28. The van der Waals surface area contributed by atoms with Gasteiger partial charge in [-0.25, -0.2) is 4.39 Å². The van der Waals surface area contributed by atoms with E-state index in [1.807, 2.05) is 12.1 Å². The molecule has 2 aliphatic rings. The number of piperazine rings is 1. The van der Waals surface area contributed by atoms with Gasteiger partial charge in [-0.1, -0.05) is 43.3 Å². The van der Waals surface area contributed by atoms with Gasteiger partial charge in [0.2, 0.25) is 0 Å². The van der Waals surface area contributed by atoms with Gasteiger partial charge in [-0.15, -0.1) is 11.6 Å². The lowest BCUT2D eigenvalue weighted by atomic mass is 9.71. The molecule has 1 fully saturated rings. The quantitative estimate of drug-likeness (QED) is 0.571. The van der Waals surface area contributed by atoms with E-state index in [0.717, 1.165) is 37.9 Å². The zero-order chi connectivity index (χ0) is 19.0. The van der Waals surface area contributed by atoms with Crippen molar-refractivity contribution in [1.82, 2.24) is 10.2 Å². The fourth-order valence-corrected chi connectivity index (χ4v) is 5.69. The van der Waals surface area contributed by atoms with Gasteiger partial charge in [0.05, 0.1) is 11.5 Å². The molecule has 0 bridgehead atoms. The second-order valence-corrected chi connectivity index (χ2v) is 8.54. The molecule has 1 N–H and O–H groups in total. The summed E-state index contributed by atoms with van der Waals surface area (Å²) < 4.78 is 13.6. The van der Waals surface area contributed by atoms with Crippen LogP contribution in [0.2, 0.25) is 0 Å². The Labute approximate surface area is 166 Å². The van der Waals surface area contributed by atoms with Gasteiger partial charge < -0.3 is 5.32 Å². The highest BCUT2D eigenvalue weighted by atomic mass is 35.5. The average molecular weight is 387 g/mol. The van der Waals surface area contributed by atoms with Crippen molar-refractivity contribution in [2.45, 2.75) is 56.1 Å². The van der Waals surface area contributed by atoms with Gasteiger partial charge in [0.15, 0.2) is 0 Å². The summed E-state index contributed by atoms with van der Waals surface area (Å²) in [6, 6.07) is 15.9. The number of benzene rings is 2. The molecule has 144 valence electrons. The third-order valence-electron chi connectivity index (χ3n) is 6.54. The molecule has 1 aliphatic heterocycles. The Hall–Kier alpha value is -1.42. The van der Waals surface area contributed by atoms with Crippen molar-refractivity contribution >= 4 is 11.6 Å². The molecule has 1 heterocycles. The third-order valence-corrected chi connectivity index (χ3v) is 6.93. The molecule has 2 aromatic carbocycles. The summed E-state index contributed by atoms with van der Waals surface area (Å²) in [6.07, 6.45) is 3.29. The number of halogens is 2. The molecular formula is C23H28ClFN2. The van der Waals surface area contributed by atoms with E-state index >= 15 is 0 Å². The highest BCUT2D eigenvalue weighted by molar-refractivity contribution is 6.20. The van der Waals surface area contributed by atoms with Crippen molar-refractivity contribution in [3.63, 3.8) is 0 Å². The largest absolute Gasteiger partial charge is 0.306 e. The number of rotatable bonds is 4. The highest BCUT2D eigenvalue weighted by Crippen LogP contribution is 2.51. The molecule has 1 saturated heterocycles. The molecule has 0 spiro atoms. The Morgan fingerprint density at radius 1 is 1.19 bits per heavy atom. The lowest BCUT2D eigenvalue weighted by molar-refractivity contribution is -0.00397. The monoisotopic (exact) mass is 386 g/mol. The first kappa shape index (κ1) is 18.9. The molecule has 2 aromatic rings. The molecule has 0 amide bonds. The Morgan fingerprint density at radius 2 is 1.93 bits per heavy atom. The second kappa shape index (κ2) is 7.54. The van der Waals surface area contributed by atoms with Crippen LogP contribution in [0.25, 0.3) is 0 Å². The molecule has 4 atom stereocenters. The van der Waals surface area contributed by atoms with Crippen molar-refractivity contribution in [2.75, 3.05) is 13.1 Å². The first-order valence-corrected chi connectivity index (χ1v) is 10.5. The van der Waals surface area contributed by atoms with Crippen LogP contribution >= 0.6 is 11.6 Å². The summed E-state index contributed by atoms with van der Waals surface area (Å²) in [5.74, 6) is 0.201. The Balaban J connectivity index is 1.82. The standard InChI is InChI=1S/C23H28ClFN2/c1-3-14-27-21(24)15-26-22(17-8-11-18(25)12-9-17)23(27,2)20-13-10-16-6-4-5-7-19(16)20/h4-9,11-12,20-22,26H,3,10,13-15H2,1-2H3. The van der Waals surface area contributed by atoms with Crippen LogP contribution in [0.1, 0.15) is 55.3 Å². The summed E-state index contributed by atoms with van der Waals surface area (Å²) in [5.41, 5.74) is 3.81. The number of hydrogen-bond acceptors (Lipinski definition) is 2. The van der Waals surface area contributed by atoms with Gasteiger partial charge in [0.1, 0.15) is 5.82 Å². The van der Waals surface area contributed by atoms with Crippen molar-refractivity contribution < 1.29 is 4.39 Å². The zero-order valence-electron chi connectivity index (χ0n) is 16.1. The molecule has 4 heteroatoms. The molecule has 2 nitrogen and oxygen atoms in total. The third kappa shape index (κ3) is 3.20. The molecule has 0 saturated carbocycles. The van der Waals surface area contributed by atoms with Crippen molar-refractivity contribution in [1.29, 1.82) is 0 Å². The van der Waals surface area contributed by atoms with Crippen LogP contribution in [0, 0.1) is 5.82 Å². The van der Waals surface area contributed by atoms with Crippen LogP contribution in [0.4, 0.5) is 4.39 Å². The number of nitrogens with one attached hydrogen (secondary N) is 1. The molecular weight excluding hydrogens is 359 g/mol. The van der Waals surface area contributed by atoms with Crippen LogP contribution in [-0.4, -0.2) is 29.0 Å². The topological polar surface area (TPSA) is 15.3 Å². The van der Waals surface area contributed by atoms with Crippen LogP contribution in [0.3, 0.4) is 0 Å². The predicted molar refractivity (Wildman–Crippen MR) is 110 cm³/mol. The number of hydrogen-bond donors (Lipinski definition) is 1. The van der Waals surface area contributed by atoms with Gasteiger partial charge in [0.25, 0.3) is 0 Å². The van der Waals surface area contributed by atoms with E-state index in [2.05, 4.69) is 48.3 Å². The summed E-state index contributed by atoms with van der Waals surface area (Å²) in [7, 11) is 0. The van der Waals surface area contributed by atoms with E-state index in [-0.39, 0.29) is 22.9 Å². The van der Waals surface area contributed by atoms with Crippen LogP contribution < -0.4 is 5.32 Å². The highest BCUT2D eigenvalue weighted by Gasteiger charge is 2.52. The molecule has 4 rings (SSSR count). The molecule has 1 aliphatic carbocycles. The first-order valence-electron chi connectivity index (χ1n) is 10.0. The van der Waals surface area contributed by atoms with Crippen molar-refractivity contribution in [3.05, 3.63) is 71.0 Å². The van der Waals surface area contributed by atoms with Gasteiger partial charge in [-0.05, 0) is 61.6 Å². The fraction of sp³-hybridized carbons (Fsp3) is 0.478.